The molecule has 0 radical (unpaired) electrons. The molecule has 0 heterocycles. The third-order valence-corrected chi connectivity index (χ3v) is 3.75. The van der Waals surface area contributed by atoms with Gasteiger partial charge in [-0.15, -0.1) is 0 Å². The van der Waals surface area contributed by atoms with Gasteiger partial charge in [0, 0.05) is 0 Å². The van der Waals surface area contributed by atoms with Crippen molar-refractivity contribution in [1.82, 2.24) is 0 Å². The number of anilines is 1. The first-order valence-electron chi connectivity index (χ1n) is 7.32. The molecule has 0 fully saturated rings. The van der Waals surface area contributed by atoms with Crippen molar-refractivity contribution in [3.63, 3.8) is 0 Å². The standard InChI is InChI=1S/C18H12ClF3N2O3/c1-27-16-5-2-10(7-15(16)25)6-11(9-23)17(26)24-14-8-12(18(20,21)22)3-4-13(14)19/h2-8,25H,1H3,(H,24,26)/b11-6+. The fourth-order valence-corrected chi connectivity index (χ4v) is 2.26. The van der Waals surface area contributed by atoms with Crippen molar-refractivity contribution in [2.24, 2.45) is 0 Å². The summed E-state index contributed by atoms with van der Waals surface area (Å²) in [5.41, 5.74) is -1.36. The van der Waals surface area contributed by atoms with Gasteiger partial charge >= 0.3 is 6.18 Å². The van der Waals surface area contributed by atoms with Gasteiger partial charge in [-0.2, -0.15) is 18.4 Å². The zero-order valence-electron chi connectivity index (χ0n) is 13.8. The summed E-state index contributed by atoms with van der Waals surface area (Å²) < 4.78 is 43.3. The van der Waals surface area contributed by atoms with Crippen LogP contribution in [0.15, 0.2) is 42.0 Å². The summed E-state index contributed by atoms with van der Waals surface area (Å²) in [6, 6.07) is 8.28. The van der Waals surface area contributed by atoms with Crippen LogP contribution in [-0.2, 0) is 11.0 Å². The third-order valence-electron chi connectivity index (χ3n) is 3.42. The molecule has 2 rings (SSSR count). The molecule has 0 spiro atoms. The van der Waals surface area contributed by atoms with Crippen LogP contribution in [0.5, 0.6) is 11.5 Å². The summed E-state index contributed by atoms with van der Waals surface area (Å²) in [7, 11) is 1.36. The van der Waals surface area contributed by atoms with E-state index in [2.05, 4.69) is 5.32 Å². The Hall–Kier alpha value is -3.18. The topological polar surface area (TPSA) is 82.3 Å². The Morgan fingerprint density at radius 1 is 1.30 bits per heavy atom. The second-order valence-electron chi connectivity index (χ2n) is 5.25. The first-order chi connectivity index (χ1) is 12.7. The molecule has 0 aliphatic heterocycles. The second kappa shape index (κ2) is 8.01. The van der Waals surface area contributed by atoms with E-state index in [0.29, 0.717) is 11.6 Å². The second-order valence-corrected chi connectivity index (χ2v) is 5.65. The molecule has 9 heteroatoms. The molecule has 0 saturated heterocycles. The smallest absolute Gasteiger partial charge is 0.416 e. The average Bonchev–Trinajstić information content (AvgIpc) is 2.60. The lowest BCUT2D eigenvalue weighted by atomic mass is 10.1. The Balaban J connectivity index is 2.31. The highest BCUT2D eigenvalue weighted by Gasteiger charge is 2.31. The number of phenolic OH excluding ortho intramolecular Hbond substituents is 1. The highest BCUT2D eigenvalue weighted by molar-refractivity contribution is 6.34. The van der Waals surface area contributed by atoms with E-state index in [9.17, 15) is 28.3 Å². The summed E-state index contributed by atoms with van der Waals surface area (Å²) >= 11 is 5.82. The highest BCUT2D eigenvalue weighted by Crippen LogP contribution is 2.34. The SMILES string of the molecule is COc1ccc(/C=C(\C#N)C(=O)Nc2cc(C(F)(F)F)ccc2Cl)cc1O. The maximum atomic E-state index is 12.8. The number of nitrogens with one attached hydrogen (secondary N) is 1. The van der Waals surface area contributed by atoms with Gasteiger partial charge in [0.2, 0.25) is 0 Å². The van der Waals surface area contributed by atoms with Crippen LogP contribution < -0.4 is 10.1 Å². The maximum absolute atomic E-state index is 12.8. The van der Waals surface area contributed by atoms with Crippen LogP contribution in [0.25, 0.3) is 6.08 Å². The molecule has 0 aliphatic rings. The summed E-state index contributed by atoms with van der Waals surface area (Å²) in [6.07, 6.45) is -3.45. The number of nitriles is 1. The zero-order chi connectivity index (χ0) is 20.2. The summed E-state index contributed by atoms with van der Waals surface area (Å²) in [5, 5.41) is 21.0. The molecule has 5 nitrogen and oxygen atoms in total. The van der Waals surface area contributed by atoms with Crippen LogP contribution in [-0.4, -0.2) is 18.1 Å². The number of carbonyl (C=O) groups is 1. The van der Waals surface area contributed by atoms with Crippen LogP contribution >= 0.6 is 11.6 Å². The monoisotopic (exact) mass is 396 g/mol. The van der Waals surface area contributed by atoms with E-state index in [1.165, 1.54) is 25.3 Å². The minimum Gasteiger partial charge on any atom is -0.504 e. The Morgan fingerprint density at radius 3 is 2.56 bits per heavy atom. The van der Waals surface area contributed by atoms with E-state index in [1.807, 2.05) is 0 Å². The van der Waals surface area contributed by atoms with E-state index in [0.717, 1.165) is 18.2 Å². The van der Waals surface area contributed by atoms with E-state index < -0.39 is 23.2 Å². The van der Waals surface area contributed by atoms with Crippen LogP contribution in [0, 0.1) is 11.3 Å². The van der Waals surface area contributed by atoms with Crippen molar-refractivity contribution < 1.29 is 27.8 Å². The van der Waals surface area contributed by atoms with Crippen LogP contribution in [0.2, 0.25) is 5.02 Å². The van der Waals surface area contributed by atoms with E-state index in [4.69, 9.17) is 16.3 Å². The minimum absolute atomic E-state index is 0.115. The Labute approximate surface area is 157 Å². The fraction of sp³-hybridized carbons (Fsp3) is 0.111. The normalized spacial score (nSPS) is 11.6. The van der Waals surface area contributed by atoms with Crippen LogP contribution in [0.4, 0.5) is 18.9 Å². The van der Waals surface area contributed by atoms with Crippen LogP contribution in [0.1, 0.15) is 11.1 Å². The molecule has 0 aromatic heterocycles. The lowest BCUT2D eigenvalue weighted by Crippen LogP contribution is -2.15. The molecule has 0 saturated carbocycles. The first kappa shape index (κ1) is 20.1. The number of hydrogen-bond acceptors (Lipinski definition) is 4. The quantitative estimate of drug-likeness (QED) is 0.583. The summed E-state index contributed by atoms with van der Waals surface area (Å²) in [6.45, 7) is 0. The number of methoxy groups -OCH3 is 1. The first-order valence-corrected chi connectivity index (χ1v) is 7.70. The van der Waals surface area contributed by atoms with Crippen LogP contribution in [0.3, 0.4) is 0 Å². The number of aromatic hydroxyl groups is 1. The van der Waals surface area contributed by atoms with Crippen molar-refractivity contribution in [3.8, 4) is 17.6 Å². The molecule has 0 bridgehead atoms. The molecule has 2 N–H and O–H groups in total. The minimum atomic E-state index is -4.61. The van der Waals surface area contributed by atoms with Gasteiger partial charge in [0.25, 0.3) is 5.91 Å². The van der Waals surface area contributed by atoms with Gasteiger partial charge in [-0.05, 0) is 42.0 Å². The van der Waals surface area contributed by atoms with Gasteiger partial charge < -0.3 is 15.2 Å². The van der Waals surface area contributed by atoms with Gasteiger partial charge in [0.05, 0.1) is 23.4 Å². The number of hydrogen-bond donors (Lipinski definition) is 2. The number of alkyl halides is 3. The summed E-state index contributed by atoms with van der Waals surface area (Å²) in [5.74, 6) is -0.954. The van der Waals surface area contributed by atoms with Gasteiger partial charge in [-0.1, -0.05) is 17.7 Å². The Kier molecular flexibility index (Phi) is 5.98. The van der Waals surface area contributed by atoms with E-state index in [1.54, 1.807) is 6.07 Å². The fourth-order valence-electron chi connectivity index (χ4n) is 2.10. The molecule has 0 aliphatic carbocycles. The molecule has 140 valence electrons. The van der Waals surface area contributed by atoms with Crippen molar-refractivity contribution in [2.45, 2.75) is 6.18 Å². The third kappa shape index (κ3) is 4.92. The molecule has 0 unspecified atom stereocenters. The number of amides is 1. The van der Waals surface area contributed by atoms with Gasteiger partial charge in [-0.3, -0.25) is 4.79 Å². The van der Waals surface area contributed by atoms with E-state index in [-0.39, 0.29) is 22.2 Å². The van der Waals surface area contributed by atoms with Crippen molar-refractivity contribution in [2.75, 3.05) is 12.4 Å². The number of benzene rings is 2. The summed E-state index contributed by atoms with van der Waals surface area (Å²) in [4.78, 5) is 12.2. The van der Waals surface area contributed by atoms with Gasteiger partial charge in [0.1, 0.15) is 11.6 Å². The molecule has 0 atom stereocenters. The van der Waals surface area contributed by atoms with Crippen molar-refractivity contribution >= 4 is 29.3 Å². The van der Waals surface area contributed by atoms with E-state index >= 15 is 0 Å². The molecule has 2 aromatic rings. The zero-order valence-corrected chi connectivity index (χ0v) is 14.5. The predicted molar refractivity (Wildman–Crippen MR) is 93.3 cm³/mol. The number of carbonyl (C=O) groups excluding carboxylic acids is 1. The molecular weight excluding hydrogens is 385 g/mol. The van der Waals surface area contributed by atoms with Gasteiger partial charge in [-0.25, -0.2) is 0 Å². The predicted octanol–water partition coefficient (Wildman–Crippen LogP) is 4.62. The Bertz CT molecular complexity index is 950. The number of halogens is 4. The van der Waals surface area contributed by atoms with Crippen molar-refractivity contribution in [3.05, 3.63) is 58.1 Å². The molecular formula is C18H12ClF3N2O3. The maximum Gasteiger partial charge on any atom is 0.416 e. The number of ether oxygens (including phenoxy) is 1. The molecule has 1 amide bonds. The highest BCUT2D eigenvalue weighted by atomic mass is 35.5. The average molecular weight is 397 g/mol. The lowest BCUT2D eigenvalue weighted by Gasteiger charge is -2.11. The molecule has 27 heavy (non-hydrogen) atoms. The number of rotatable bonds is 4. The number of phenols is 1. The Morgan fingerprint density at radius 2 is 2.00 bits per heavy atom. The lowest BCUT2D eigenvalue weighted by molar-refractivity contribution is -0.137. The molecule has 2 aromatic carbocycles. The van der Waals surface area contributed by atoms with Crippen molar-refractivity contribution in [1.29, 1.82) is 5.26 Å². The number of nitrogens with zero attached hydrogens (tertiary/aromatic N) is 1. The van der Waals surface area contributed by atoms with Gasteiger partial charge in [0.15, 0.2) is 11.5 Å². The largest absolute Gasteiger partial charge is 0.504 e.